The molecule has 1 aromatic rings. The summed E-state index contributed by atoms with van der Waals surface area (Å²) in [6, 6.07) is 1.75. The van der Waals surface area contributed by atoms with Gasteiger partial charge < -0.3 is 10.0 Å². The number of hydrogen-bond acceptors (Lipinski definition) is 3. The van der Waals surface area contributed by atoms with E-state index in [1.165, 1.54) is 4.90 Å². The Hall–Kier alpha value is -1.85. The maximum Gasteiger partial charge on any atom is 0.305 e. The van der Waals surface area contributed by atoms with E-state index in [-0.39, 0.29) is 24.8 Å². The zero-order valence-corrected chi connectivity index (χ0v) is 11.2. The Morgan fingerprint density at radius 1 is 1.50 bits per heavy atom. The summed E-state index contributed by atoms with van der Waals surface area (Å²) in [5.41, 5.74) is 1.33. The molecule has 0 unspecified atom stereocenters. The largest absolute Gasteiger partial charge is 0.481 e. The van der Waals surface area contributed by atoms with E-state index in [1.807, 2.05) is 13.8 Å². The van der Waals surface area contributed by atoms with Crippen LogP contribution in [-0.2, 0) is 11.8 Å². The highest BCUT2D eigenvalue weighted by molar-refractivity contribution is 5.92. The van der Waals surface area contributed by atoms with Gasteiger partial charge in [0.1, 0.15) is 0 Å². The van der Waals surface area contributed by atoms with Gasteiger partial charge >= 0.3 is 5.97 Å². The summed E-state index contributed by atoms with van der Waals surface area (Å²) in [5.74, 6) is -0.884. The van der Waals surface area contributed by atoms with Crippen LogP contribution in [0.4, 0.5) is 0 Å². The first-order valence-electron chi connectivity index (χ1n) is 5.84. The van der Waals surface area contributed by atoms with Crippen molar-refractivity contribution >= 4 is 11.9 Å². The molecule has 0 saturated heterocycles. The van der Waals surface area contributed by atoms with Gasteiger partial charge in [0.2, 0.25) is 0 Å². The lowest BCUT2D eigenvalue weighted by Gasteiger charge is -2.13. The third kappa shape index (κ3) is 3.32. The van der Waals surface area contributed by atoms with E-state index < -0.39 is 5.97 Å². The van der Waals surface area contributed by atoms with Crippen LogP contribution < -0.4 is 0 Å². The fourth-order valence-corrected chi connectivity index (χ4v) is 1.69. The third-order valence-corrected chi connectivity index (χ3v) is 2.73. The van der Waals surface area contributed by atoms with Crippen LogP contribution in [0.25, 0.3) is 0 Å². The van der Waals surface area contributed by atoms with Crippen LogP contribution in [0.3, 0.4) is 0 Å². The Labute approximate surface area is 106 Å². The van der Waals surface area contributed by atoms with Gasteiger partial charge in [0.25, 0.3) is 5.91 Å². The van der Waals surface area contributed by atoms with E-state index in [4.69, 9.17) is 5.11 Å². The maximum atomic E-state index is 12.0. The monoisotopic (exact) mass is 253 g/mol. The third-order valence-electron chi connectivity index (χ3n) is 2.73. The standard InChI is InChI=1S/C12H19N3O3/c1-8(2)10-7-9(13-15(10)4)12(18)14(3)6-5-11(16)17/h7-8H,5-6H2,1-4H3,(H,16,17). The number of rotatable bonds is 5. The molecule has 0 bridgehead atoms. The minimum absolute atomic E-state index is 0.0634. The topological polar surface area (TPSA) is 75.4 Å². The molecule has 1 aromatic heterocycles. The molecule has 0 aliphatic heterocycles. The van der Waals surface area contributed by atoms with Crippen molar-refractivity contribution in [3.8, 4) is 0 Å². The van der Waals surface area contributed by atoms with Crippen LogP contribution in [0.15, 0.2) is 6.07 Å². The molecular formula is C12H19N3O3. The number of aryl methyl sites for hydroxylation is 1. The van der Waals surface area contributed by atoms with Crippen molar-refractivity contribution in [3.63, 3.8) is 0 Å². The Morgan fingerprint density at radius 3 is 2.56 bits per heavy atom. The molecule has 0 atom stereocenters. The van der Waals surface area contributed by atoms with E-state index in [9.17, 15) is 9.59 Å². The van der Waals surface area contributed by atoms with Gasteiger partial charge in [-0.05, 0) is 12.0 Å². The molecule has 0 spiro atoms. The van der Waals surface area contributed by atoms with E-state index in [0.717, 1.165) is 5.69 Å². The Balaban J connectivity index is 2.77. The fourth-order valence-electron chi connectivity index (χ4n) is 1.69. The molecule has 6 heteroatoms. The molecule has 100 valence electrons. The smallest absolute Gasteiger partial charge is 0.305 e. The van der Waals surface area contributed by atoms with E-state index in [1.54, 1.807) is 24.8 Å². The van der Waals surface area contributed by atoms with Crippen molar-refractivity contribution < 1.29 is 14.7 Å². The van der Waals surface area contributed by atoms with Crippen LogP contribution in [0.1, 0.15) is 42.4 Å². The first-order valence-corrected chi connectivity index (χ1v) is 5.84. The molecule has 1 N–H and O–H groups in total. The first-order chi connectivity index (χ1) is 8.32. The number of carbonyl (C=O) groups excluding carboxylic acids is 1. The summed E-state index contributed by atoms with van der Waals surface area (Å²) in [4.78, 5) is 23.8. The van der Waals surface area contributed by atoms with Crippen LogP contribution in [0.2, 0.25) is 0 Å². The number of aromatic nitrogens is 2. The Morgan fingerprint density at radius 2 is 2.11 bits per heavy atom. The van der Waals surface area contributed by atoms with Gasteiger partial charge in [-0.1, -0.05) is 13.8 Å². The average molecular weight is 253 g/mol. The predicted molar refractivity (Wildman–Crippen MR) is 66.5 cm³/mol. The van der Waals surface area contributed by atoms with Crippen molar-refractivity contribution in [1.29, 1.82) is 0 Å². The Bertz CT molecular complexity index is 451. The molecule has 1 rings (SSSR count). The van der Waals surface area contributed by atoms with Gasteiger partial charge in [-0.25, -0.2) is 0 Å². The van der Waals surface area contributed by atoms with Crippen LogP contribution in [0.5, 0.6) is 0 Å². The predicted octanol–water partition coefficient (Wildman–Crippen LogP) is 1.09. The second-order valence-corrected chi connectivity index (χ2v) is 4.60. The normalized spacial score (nSPS) is 10.7. The highest BCUT2D eigenvalue weighted by Gasteiger charge is 2.18. The fraction of sp³-hybridized carbons (Fsp3) is 0.583. The summed E-state index contributed by atoms with van der Waals surface area (Å²) < 4.78 is 1.68. The number of carbonyl (C=O) groups is 2. The highest BCUT2D eigenvalue weighted by atomic mass is 16.4. The molecule has 0 aromatic carbocycles. The highest BCUT2D eigenvalue weighted by Crippen LogP contribution is 2.15. The van der Waals surface area contributed by atoms with Gasteiger partial charge in [-0.3, -0.25) is 14.3 Å². The molecule has 1 amide bonds. The molecule has 1 heterocycles. The summed E-state index contributed by atoms with van der Waals surface area (Å²) >= 11 is 0. The maximum absolute atomic E-state index is 12.0. The minimum atomic E-state index is -0.918. The zero-order chi connectivity index (χ0) is 13.9. The minimum Gasteiger partial charge on any atom is -0.481 e. The molecule has 0 fully saturated rings. The van der Waals surface area contributed by atoms with Crippen LogP contribution in [-0.4, -0.2) is 45.3 Å². The van der Waals surface area contributed by atoms with Crippen LogP contribution in [0, 0.1) is 0 Å². The lowest BCUT2D eigenvalue weighted by atomic mass is 10.1. The van der Waals surface area contributed by atoms with Crippen molar-refractivity contribution in [2.24, 2.45) is 7.05 Å². The van der Waals surface area contributed by atoms with Gasteiger partial charge in [-0.15, -0.1) is 0 Å². The number of nitrogens with zero attached hydrogens (tertiary/aromatic N) is 3. The first kappa shape index (κ1) is 14.2. The number of hydrogen-bond donors (Lipinski definition) is 1. The number of carboxylic acid groups (broad SMARTS) is 1. The zero-order valence-electron chi connectivity index (χ0n) is 11.2. The van der Waals surface area contributed by atoms with Gasteiger partial charge in [-0.2, -0.15) is 5.10 Å². The lowest BCUT2D eigenvalue weighted by molar-refractivity contribution is -0.137. The molecular weight excluding hydrogens is 234 g/mol. The quantitative estimate of drug-likeness (QED) is 0.852. The second kappa shape index (κ2) is 5.66. The van der Waals surface area contributed by atoms with Gasteiger partial charge in [0, 0.05) is 26.3 Å². The summed E-state index contributed by atoms with van der Waals surface area (Å²) in [6.07, 6.45) is -0.0634. The second-order valence-electron chi connectivity index (χ2n) is 4.60. The molecule has 18 heavy (non-hydrogen) atoms. The van der Waals surface area contributed by atoms with Gasteiger partial charge in [0.05, 0.1) is 6.42 Å². The van der Waals surface area contributed by atoms with Gasteiger partial charge in [0.15, 0.2) is 5.69 Å². The summed E-state index contributed by atoms with van der Waals surface area (Å²) in [5, 5.41) is 12.7. The SMILES string of the molecule is CC(C)c1cc(C(=O)N(C)CCC(=O)O)nn1C. The van der Waals surface area contributed by atoms with Crippen molar-refractivity contribution in [2.75, 3.05) is 13.6 Å². The van der Waals surface area contributed by atoms with Crippen molar-refractivity contribution in [1.82, 2.24) is 14.7 Å². The number of aliphatic carboxylic acids is 1. The molecule has 6 nitrogen and oxygen atoms in total. The summed E-state index contributed by atoms with van der Waals surface area (Å²) in [7, 11) is 3.37. The lowest BCUT2D eigenvalue weighted by Crippen LogP contribution is -2.29. The Kier molecular flexibility index (Phi) is 4.47. The number of amides is 1. The van der Waals surface area contributed by atoms with Crippen LogP contribution >= 0.6 is 0 Å². The van der Waals surface area contributed by atoms with Crippen molar-refractivity contribution in [3.05, 3.63) is 17.5 Å². The van der Waals surface area contributed by atoms with E-state index >= 15 is 0 Å². The van der Waals surface area contributed by atoms with E-state index in [2.05, 4.69) is 5.10 Å². The number of carboxylic acids is 1. The average Bonchev–Trinajstić information content (AvgIpc) is 2.67. The van der Waals surface area contributed by atoms with Crippen molar-refractivity contribution in [2.45, 2.75) is 26.2 Å². The summed E-state index contributed by atoms with van der Waals surface area (Å²) in [6.45, 7) is 4.24. The molecule has 0 radical (unpaired) electrons. The molecule has 0 saturated carbocycles. The van der Waals surface area contributed by atoms with E-state index in [0.29, 0.717) is 5.69 Å². The molecule has 0 aliphatic rings. The molecule has 0 aliphatic carbocycles.